The molecule has 0 amide bonds. The Bertz CT molecular complexity index is 355. The van der Waals surface area contributed by atoms with Crippen LogP contribution >= 0.6 is 27.7 Å². The number of rotatable bonds is 6. The summed E-state index contributed by atoms with van der Waals surface area (Å²) in [5, 5.41) is 4.75. The zero-order valence-corrected chi connectivity index (χ0v) is 13.3. The van der Waals surface area contributed by atoms with Crippen molar-refractivity contribution in [1.82, 2.24) is 10.3 Å². The maximum atomic E-state index is 4.40. The monoisotopic (exact) mass is 328 g/mol. The highest BCUT2D eigenvalue weighted by Gasteiger charge is 2.25. The topological polar surface area (TPSA) is 24.9 Å². The van der Waals surface area contributed by atoms with E-state index in [2.05, 4.69) is 45.3 Å². The number of nitrogens with zero attached hydrogens (tertiary/aromatic N) is 1. The lowest BCUT2D eigenvalue weighted by molar-refractivity contribution is 0.400. The van der Waals surface area contributed by atoms with Gasteiger partial charge < -0.3 is 5.32 Å². The fraction of sp³-hybridized carbons (Fsp3) is 0.643. The summed E-state index contributed by atoms with van der Waals surface area (Å²) in [6, 6.07) is 4.91. The Morgan fingerprint density at radius 2 is 2.33 bits per heavy atom. The second-order valence-electron chi connectivity index (χ2n) is 4.81. The van der Waals surface area contributed by atoms with E-state index in [-0.39, 0.29) is 0 Å². The first-order valence-electron chi connectivity index (χ1n) is 6.77. The minimum atomic E-state index is 0.758. The van der Waals surface area contributed by atoms with Gasteiger partial charge in [-0.2, -0.15) is 0 Å². The summed E-state index contributed by atoms with van der Waals surface area (Å²) in [6.45, 7) is 3.30. The van der Waals surface area contributed by atoms with Crippen molar-refractivity contribution in [2.24, 2.45) is 5.92 Å². The van der Waals surface area contributed by atoms with Crippen LogP contribution in [0.25, 0.3) is 0 Å². The third-order valence-corrected chi connectivity index (χ3v) is 5.01. The molecule has 1 saturated carbocycles. The fourth-order valence-electron chi connectivity index (χ4n) is 2.68. The van der Waals surface area contributed by atoms with Crippen molar-refractivity contribution in [3.63, 3.8) is 0 Å². The Morgan fingerprint density at radius 3 is 3.06 bits per heavy atom. The molecule has 100 valence electrons. The van der Waals surface area contributed by atoms with Crippen molar-refractivity contribution < 1.29 is 0 Å². The van der Waals surface area contributed by atoms with Gasteiger partial charge in [-0.05, 0) is 65.5 Å². The van der Waals surface area contributed by atoms with E-state index in [4.69, 9.17) is 0 Å². The van der Waals surface area contributed by atoms with Crippen molar-refractivity contribution in [3.8, 4) is 0 Å². The summed E-state index contributed by atoms with van der Waals surface area (Å²) in [5.74, 6) is 2.05. The van der Waals surface area contributed by atoms with Gasteiger partial charge in [0.2, 0.25) is 0 Å². The number of thioether (sulfide) groups is 1. The highest BCUT2D eigenvalue weighted by Crippen LogP contribution is 2.30. The normalized spacial score (nSPS) is 23.4. The average Bonchev–Trinajstić information content (AvgIpc) is 2.80. The molecule has 2 unspecified atom stereocenters. The Hall–Kier alpha value is -0.0600. The van der Waals surface area contributed by atoms with E-state index >= 15 is 0 Å². The number of halogens is 1. The molecule has 0 spiro atoms. The van der Waals surface area contributed by atoms with Gasteiger partial charge in [0.1, 0.15) is 0 Å². The Kier molecular flexibility index (Phi) is 5.99. The van der Waals surface area contributed by atoms with E-state index in [1.807, 2.05) is 18.0 Å². The number of aromatic nitrogens is 1. The number of hydrogen-bond donors (Lipinski definition) is 1. The summed E-state index contributed by atoms with van der Waals surface area (Å²) >= 11 is 5.29. The first-order chi connectivity index (χ1) is 8.79. The summed E-state index contributed by atoms with van der Waals surface area (Å²) in [5.41, 5.74) is 0. The highest BCUT2D eigenvalue weighted by molar-refractivity contribution is 9.10. The van der Waals surface area contributed by atoms with Crippen LogP contribution in [0.2, 0.25) is 0 Å². The van der Waals surface area contributed by atoms with Gasteiger partial charge in [-0.3, -0.25) is 0 Å². The summed E-state index contributed by atoms with van der Waals surface area (Å²) in [6.07, 6.45) is 7.33. The predicted octanol–water partition coefficient (Wildman–Crippen LogP) is 4.10. The molecule has 0 radical (unpaired) electrons. The second-order valence-corrected chi connectivity index (χ2v) is 6.84. The van der Waals surface area contributed by atoms with Gasteiger partial charge in [0.15, 0.2) is 0 Å². The molecule has 1 aliphatic rings. The van der Waals surface area contributed by atoms with Crippen molar-refractivity contribution in [2.75, 3.05) is 12.3 Å². The lowest BCUT2D eigenvalue weighted by Gasteiger charge is -2.19. The second kappa shape index (κ2) is 7.51. The zero-order valence-electron chi connectivity index (χ0n) is 10.9. The van der Waals surface area contributed by atoms with Gasteiger partial charge in [0.05, 0.1) is 5.03 Å². The molecule has 1 fully saturated rings. The molecule has 2 nitrogen and oxygen atoms in total. The van der Waals surface area contributed by atoms with E-state index in [0.29, 0.717) is 0 Å². The number of pyridine rings is 1. The largest absolute Gasteiger partial charge is 0.314 e. The van der Waals surface area contributed by atoms with E-state index in [9.17, 15) is 0 Å². The van der Waals surface area contributed by atoms with E-state index in [1.54, 1.807) is 0 Å². The average molecular weight is 329 g/mol. The minimum absolute atomic E-state index is 0.758. The number of nitrogens with one attached hydrogen (secondary N) is 1. The van der Waals surface area contributed by atoms with Crippen molar-refractivity contribution in [2.45, 2.75) is 43.7 Å². The molecule has 1 aliphatic carbocycles. The third kappa shape index (κ3) is 4.25. The van der Waals surface area contributed by atoms with Gasteiger partial charge >= 0.3 is 0 Å². The quantitative estimate of drug-likeness (QED) is 0.795. The summed E-state index contributed by atoms with van der Waals surface area (Å²) in [7, 11) is 0. The number of hydrogen-bond acceptors (Lipinski definition) is 3. The molecule has 4 heteroatoms. The van der Waals surface area contributed by atoms with Gasteiger partial charge in [0, 0.05) is 16.7 Å². The van der Waals surface area contributed by atoms with Gasteiger partial charge in [-0.25, -0.2) is 4.98 Å². The van der Waals surface area contributed by atoms with Crippen molar-refractivity contribution in [3.05, 3.63) is 22.8 Å². The van der Waals surface area contributed by atoms with E-state index < -0.39 is 0 Å². The first kappa shape index (κ1) is 14.4. The molecular weight excluding hydrogens is 308 g/mol. The van der Waals surface area contributed by atoms with E-state index in [0.717, 1.165) is 28.0 Å². The Labute approximate surface area is 122 Å². The molecule has 2 atom stereocenters. The van der Waals surface area contributed by atoms with Crippen LogP contribution in [0, 0.1) is 5.92 Å². The Balaban J connectivity index is 1.73. The SMILES string of the molecule is CCNC1CCCC1CCSc1ccc(Br)cn1. The van der Waals surface area contributed by atoms with Gasteiger partial charge in [-0.1, -0.05) is 13.3 Å². The van der Waals surface area contributed by atoms with Crippen molar-refractivity contribution in [1.29, 1.82) is 0 Å². The van der Waals surface area contributed by atoms with Crippen LogP contribution in [0.1, 0.15) is 32.6 Å². The maximum Gasteiger partial charge on any atom is 0.0960 e. The van der Waals surface area contributed by atoms with Crippen molar-refractivity contribution >= 4 is 27.7 Å². The molecule has 1 heterocycles. The van der Waals surface area contributed by atoms with Crippen LogP contribution in [-0.2, 0) is 0 Å². The van der Waals surface area contributed by atoms with Crippen LogP contribution < -0.4 is 5.32 Å². The predicted molar refractivity (Wildman–Crippen MR) is 82.1 cm³/mol. The summed E-state index contributed by atoms with van der Waals surface area (Å²) < 4.78 is 1.05. The Morgan fingerprint density at radius 1 is 1.44 bits per heavy atom. The molecule has 1 N–H and O–H groups in total. The van der Waals surface area contributed by atoms with Crippen LogP contribution in [0.3, 0.4) is 0 Å². The zero-order chi connectivity index (χ0) is 12.8. The lowest BCUT2D eigenvalue weighted by Crippen LogP contribution is -2.32. The van der Waals surface area contributed by atoms with Gasteiger partial charge in [0.25, 0.3) is 0 Å². The van der Waals surface area contributed by atoms with E-state index in [1.165, 1.54) is 31.4 Å². The third-order valence-electron chi connectivity index (χ3n) is 3.56. The summed E-state index contributed by atoms with van der Waals surface area (Å²) in [4.78, 5) is 4.40. The van der Waals surface area contributed by atoms with Crippen LogP contribution in [-0.4, -0.2) is 23.3 Å². The first-order valence-corrected chi connectivity index (χ1v) is 8.55. The van der Waals surface area contributed by atoms with Crippen LogP contribution in [0.4, 0.5) is 0 Å². The van der Waals surface area contributed by atoms with Gasteiger partial charge in [-0.15, -0.1) is 11.8 Å². The molecule has 0 bridgehead atoms. The molecule has 1 aromatic heterocycles. The molecule has 0 aliphatic heterocycles. The molecular formula is C14H21BrN2S. The van der Waals surface area contributed by atoms with Crippen LogP contribution in [0.15, 0.2) is 27.8 Å². The molecule has 2 rings (SSSR count). The smallest absolute Gasteiger partial charge is 0.0960 e. The minimum Gasteiger partial charge on any atom is -0.314 e. The molecule has 0 saturated heterocycles. The lowest BCUT2D eigenvalue weighted by atomic mass is 10.0. The van der Waals surface area contributed by atoms with Crippen LogP contribution in [0.5, 0.6) is 0 Å². The fourth-order valence-corrected chi connectivity index (χ4v) is 3.83. The molecule has 0 aromatic carbocycles. The molecule has 1 aromatic rings. The molecule has 18 heavy (non-hydrogen) atoms. The highest BCUT2D eigenvalue weighted by atomic mass is 79.9. The maximum absolute atomic E-state index is 4.40. The standard InChI is InChI=1S/C14H21BrN2S/c1-2-16-13-5-3-4-11(13)8-9-18-14-7-6-12(15)10-17-14/h6-7,10-11,13,16H,2-5,8-9H2,1H3.